The van der Waals surface area contributed by atoms with Crippen LogP contribution in [0.2, 0.25) is 0 Å². The molecule has 6 heteroatoms. The lowest BCUT2D eigenvalue weighted by atomic mass is 9.98. The molecule has 2 fully saturated rings. The second-order valence-electron chi connectivity index (χ2n) is 8.75. The Morgan fingerprint density at radius 1 is 1.18 bits per heavy atom. The Kier molecular flexibility index (Phi) is 7.54. The van der Waals surface area contributed by atoms with Gasteiger partial charge < -0.3 is 15.1 Å². The van der Waals surface area contributed by atoms with Crippen molar-refractivity contribution >= 4 is 11.3 Å². The number of thiophene rings is 1. The highest BCUT2D eigenvalue weighted by Crippen LogP contribution is 2.25. The molecule has 2 saturated heterocycles. The molecular weight excluding hydrogens is 370 g/mol. The van der Waals surface area contributed by atoms with Crippen molar-refractivity contribution in [3.8, 4) is 11.8 Å². The van der Waals surface area contributed by atoms with E-state index in [4.69, 9.17) is 0 Å². The second kappa shape index (κ2) is 9.71. The Morgan fingerprint density at radius 2 is 1.93 bits per heavy atom. The molecule has 3 rings (SSSR count). The zero-order valence-electron chi connectivity index (χ0n) is 17.5. The van der Waals surface area contributed by atoms with Gasteiger partial charge in [-0.25, -0.2) is 0 Å². The number of rotatable bonds is 5. The van der Waals surface area contributed by atoms with Crippen LogP contribution >= 0.6 is 11.3 Å². The van der Waals surface area contributed by atoms with Gasteiger partial charge in [-0.15, -0.1) is 11.3 Å². The van der Waals surface area contributed by atoms with E-state index in [1.54, 1.807) is 25.2 Å². The number of aliphatic hydroxyl groups excluding tert-OH is 1. The van der Waals surface area contributed by atoms with E-state index in [2.05, 4.69) is 45.7 Å². The van der Waals surface area contributed by atoms with Crippen molar-refractivity contribution in [2.45, 2.75) is 57.3 Å². The minimum atomic E-state index is -0.952. The monoisotopic (exact) mass is 405 g/mol. The second-order valence-corrected chi connectivity index (χ2v) is 9.92. The maximum atomic E-state index is 9.77. The van der Waals surface area contributed by atoms with Crippen molar-refractivity contribution in [3.63, 3.8) is 0 Å². The normalized spacial score (nSPS) is 23.5. The van der Waals surface area contributed by atoms with Crippen LogP contribution in [0.15, 0.2) is 12.1 Å². The molecule has 1 aromatic heterocycles. The predicted octanol–water partition coefficient (Wildman–Crippen LogP) is 1.83. The highest BCUT2D eigenvalue weighted by atomic mass is 32.1. The maximum absolute atomic E-state index is 9.77. The third-order valence-electron chi connectivity index (χ3n) is 5.76. The van der Waals surface area contributed by atoms with E-state index in [9.17, 15) is 10.2 Å². The van der Waals surface area contributed by atoms with Crippen LogP contribution < -0.4 is 0 Å². The molecule has 156 valence electrons. The van der Waals surface area contributed by atoms with Crippen LogP contribution in [0.4, 0.5) is 0 Å². The van der Waals surface area contributed by atoms with Gasteiger partial charge in [0.1, 0.15) is 5.60 Å². The minimum absolute atomic E-state index is 0.261. The fourth-order valence-corrected chi connectivity index (χ4v) is 5.16. The molecule has 2 aliphatic heterocycles. The Balaban J connectivity index is 1.58. The molecule has 0 amide bonds. The van der Waals surface area contributed by atoms with Crippen LogP contribution in [0.1, 0.15) is 42.9 Å². The van der Waals surface area contributed by atoms with Gasteiger partial charge in [-0.05, 0) is 65.4 Å². The van der Waals surface area contributed by atoms with Gasteiger partial charge >= 0.3 is 0 Å². The van der Waals surface area contributed by atoms with Gasteiger partial charge in [-0.2, -0.15) is 0 Å². The fraction of sp³-hybridized carbons (Fsp3) is 0.727. The SMILES string of the molecule is CN1CCC(N2CCN(Cc3ccc(C#CC(C)(C)O)s3)C[C@@H]2CCO)CC1. The summed E-state index contributed by atoms with van der Waals surface area (Å²) in [5.74, 6) is 5.97. The van der Waals surface area contributed by atoms with Gasteiger partial charge in [0, 0.05) is 49.7 Å². The van der Waals surface area contributed by atoms with Crippen molar-refractivity contribution in [2.24, 2.45) is 0 Å². The summed E-state index contributed by atoms with van der Waals surface area (Å²) in [4.78, 5) is 9.94. The first-order valence-electron chi connectivity index (χ1n) is 10.5. The molecule has 2 N–H and O–H groups in total. The number of hydrogen-bond donors (Lipinski definition) is 2. The van der Waals surface area contributed by atoms with E-state index in [1.165, 1.54) is 30.8 Å². The van der Waals surface area contributed by atoms with E-state index in [1.807, 2.05) is 0 Å². The topological polar surface area (TPSA) is 50.2 Å². The Labute approximate surface area is 173 Å². The van der Waals surface area contributed by atoms with Gasteiger partial charge in [-0.1, -0.05) is 11.8 Å². The highest BCUT2D eigenvalue weighted by Gasteiger charge is 2.33. The zero-order chi connectivity index (χ0) is 20.1. The summed E-state index contributed by atoms with van der Waals surface area (Å²) in [5, 5.41) is 19.4. The molecule has 0 bridgehead atoms. The van der Waals surface area contributed by atoms with E-state index in [0.29, 0.717) is 12.1 Å². The van der Waals surface area contributed by atoms with Crippen molar-refractivity contribution in [1.82, 2.24) is 14.7 Å². The van der Waals surface area contributed by atoms with Crippen LogP contribution in [0.3, 0.4) is 0 Å². The average Bonchev–Trinajstić information content (AvgIpc) is 3.08. The number of hydrogen-bond acceptors (Lipinski definition) is 6. The van der Waals surface area contributed by atoms with Gasteiger partial charge in [0.25, 0.3) is 0 Å². The third kappa shape index (κ3) is 6.28. The number of likely N-dealkylation sites (tertiary alicyclic amines) is 1. The summed E-state index contributed by atoms with van der Waals surface area (Å²) in [5.41, 5.74) is -0.952. The highest BCUT2D eigenvalue weighted by molar-refractivity contribution is 7.12. The smallest absolute Gasteiger partial charge is 0.120 e. The standard InChI is InChI=1S/C22H35N3O2S/c1-22(2,27)10-6-20-4-5-21(28-20)17-24-13-14-25(19(16-24)9-15-26)18-7-11-23(3)12-8-18/h4-5,18-19,26-27H,7-9,11-17H2,1-3H3/t19-/m0/s1. The van der Waals surface area contributed by atoms with Crippen LogP contribution in [0, 0.1) is 11.8 Å². The number of nitrogens with zero attached hydrogens (tertiary/aromatic N) is 3. The molecule has 2 aliphatic rings. The van der Waals surface area contributed by atoms with Gasteiger partial charge in [0.05, 0.1) is 4.88 Å². The van der Waals surface area contributed by atoms with Gasteiger partial charge in [0.2, 0.25) is 0 Å². The first kappa shape index (κ1) is 21.8. The lowest BCUT2D eigenvalue weighted by Gasteiger charge is -2.47. The Bertz CT molecular complexity index is 680. The predicted molar refractivity (Wildman–Crippen MR) is 115 cm³/mol. The maximum Gasteiger partial charge on any atom is 0.120 e. The molecule has 1 aromatic rings. The first-order valence-corrected chi connectivity index (χ1v) is 11.3. The van der Waals surface area contributed by atoms with Crippen molar-refractivity contribution < 1.29 is 10.2 Å². The largest absolute Gasteiger partial charge is 0.396 e. The van der Waals surface area contributed by atoms with E-state index < -0.39 is 5.60 Å². The summed E-state index contributed by atoms with van der Waals surface area (Å²) < 4.78 is 0. The molecule has 0 spiro atoms. The van der Waals surface area contributed by atoms with Crippen LogP contribution in [0.25, 0.3) is 0 Å². The fourth-order valence-electron chi connectivity index (χ4n) is 4.26. The number of aliphatic hydroxyl groups is 2. The molecule has 3 heterocycles. The molecule has 28 heavy (non-hydrogen) atoms. The van der Waals surface area contributed by atoms with Gasteiger partial charge in [-0.3, -0.25) is 9.80 Å². The van der Waals surface area contributed by atoms with E-state index >= 15 is 0 Å². The lowest BCUT2D eigenvalue weighted by Crippen LogP contribution is -2.58. The quantitative estimate of drug-likeness (QED) is 0.732. The van der Waals surface area contributed by atoms with Gasteiger partial charge in [0.15, 0.2) is 0 Å². The third-order valence-corrected chi connectivity index (χ3v) is 6.75. The van der Waals surface area contributed by atoms with Crippen molar-refractivity contribution in [2.75, 3.05) is 46.4 Å². The summed E-state index contributed by atoms with van der Waals surface area (Å²) in [6.45, 7) is 10.2. The van der Waals surface area contributed by atoms with Crippen molar-refractivity contribution in [1.29, 1.82) is 0 Å². The molecule has 0 aromatic carbocycles. The van der Waals surface area contributed by atoms with Crippen LogP contribution in [-0.2, 0) is 6.54 Å². The average molecular weight is 406 g/mol. The minimum Gasteiger partial charge on any atom is -0.396 e. The van der Waals surface area contributed by atoms with Crippen LogP contribution in [-0.4, -0.2) is 89.0 Å². The molecule has 0 radical (unpaired) electrons. The van der Waals surface area contributed by atoms with Crippen LogP contribution in [0.5, 0.6) is 0 Å². The van der Waals surface area contributed by atoms with Crippen molar-refractivity contribution in [3.05, 3.63) is 21.9 Å². The summed E-state index contributed by atoms with van der Waals surface area (Å²) in [6, 6.07) is 5.32. The number of piperazine rings is 1. The van der Waals surface area contributed by atoms with E-state index in [0.717, 1.165) is 37.5 Å². The first-order chi connectivity index (χ1) is 13.3. The summed E-state index contributed by atoms with van der Waals surface area (Å²) in [6.07, 6.45) is 3.34. The molecule has 0 saturated carbocycles. The lowest BCUT2D eigenvalue weighted by molar-refractivity contribution is 0.00629. The molecule has 0 unspecified atom stereocenters. The summed E-state index contributed by atoms with van der Waals surface area (Å²) >= 11 is 1.72. The molecule has 5 nitrogen and oxygen atoms in total. The molecule has 0 aliphatic carbocycles. The molecule has 1 atom stereocenters. The number of piperidine rings is 1. The van der Waals surface area contributed by atoms with E-state index in [-0.39, 0.29) is 6.61 Å². The Morgan fingerprint density at radius 3 is 2.61 bits per heavy atom. The summed E-state index contributed by atoms with van der Waals surface area (Å²) in [7, 11) is 2.21. The Hall–Kier alpha value is -0.940. The molecular formula is C22H35N3O2S. The zero-order valence-corrected chi connectivity index (χ0v) is 18.3.